The molecular formula is C18H14O2S. The van der Waals surface area contributed by atoms with Crippen molar-refractivity contribution >= 4 is 11.1 Å². The molecule has 3 aromatic rings. The number of hydrogen-bond acceptors (Lipinski definition) is 1. The Morgan fingerprint density at radius 1 is 0.667 bits per heavy atom. The minimum absolute atomic E-state index is 0.433. The van der Waals surface area contributed by atoms with E-state index < -0.39 is 11.1 Å². The summed E-state index contributed by atoms with van der Waals surface area (Å²) in [6.07, 6.45) is 0. The van der Waals surface area contributed by atoms with Crippen LogP contribution in [0.5, 0.6) is 0 Å². The Bertz CT molecular complexity index is 768. The molecule has 0 spiro atoms. The molecule has 1 atom stereocenters. The van der Waals surface area contributed by atoms with Crippen molar-refractivity contribution < 1.29 is 8.76 Å². The first-order valence-electron chi connectivity index (χ1n) is 6.62. The van der Waals surface area contributed by atoms with Crippen LogP contribution in [0.3, 0.4) is 0 Å². The van der Waals surface area contributed by atoms with Gasteiger partial charge in [-0.25, -0.2) is 4.21 Å². The maximum Gasteiger partial charge on any atom is 0.187 e. The van der Waals surface area contributed by atoms with Crippen molar-refractivity contribution in [3.63, 3.8) is 0 Å². The Hall–Kier alpha value is -2.23. The summed E-state index contributed by atoms with van der Waals surface area (Å²) in [5, 5.41) is 0. The molecule has 1 N–H and O–H groups in total. The van der Waals surface area contributed by atoms with Gasteiger partial charge in [0.25, 0.3) is 0 Å². The van der Waals surface area contributed by atoms with Crippen LogP contribution in [-0.2, 0) is 11.1 Å². The predicted octanol–water partition coefficient (Wildman–Crippen LogP) is 4.60. The summed E-state index contributed by atoms with van der Waals surface area (Å²) in [6, 6.07) is 25.1. The van der Waals surface area contributed by atoms with Gasteiger partial charge in [0, 0.05) is 5.56 Å². The van der Waals surface area contributed by atoms with Gasteiger partial charge in [-0.15, -0.1) is 0 Å². The normalized spacial score (nSPS) is 12.0. The standard InChI is InChI=1S/C18H14O2S/c19-21(20)17-13-7-12-16(14-8-3-1-4-9-14)18(17)15-10-5-2-6-11-15/h1-13H,(H,19,20). The van der Waals surface area contributed by atoms with E-state index >= 15 is 0 Å². The fourth-order valence-electron chi connectivity index (χ4n) is 2.44. The summed E-state index contributed by atoms with van der Waals surface area (Å²) in [5.41, 5.74) is 3.74. The minimum Gasteiger partial charge on any atom is -0.302 e. The highest BCUT2D eigenvalue weighted by atomic mass is 32.2. The maximum absolute atomic E-state index is 11.7. The molecule has 0 fully saturated rings. The highest BCUT2D eigenvalue weighted by molar-refractivity contribution is 7.79. The summed E-state index contributed by atoms with van der Waals surface area (Å²) in [6.45, 7) is 0. The largest absolute Gasteiger partial charge is 0.302 e. The fraction of sp³-hybridized carbons (Fsp3) is 0. The van der Waals surface area contributed by atoms with Gasteiger partial charge in [-0.2, -0.15) is 0 Å². The highest BCUT2D eigenvalue weighted by Gasteiger charge is 2.15. The van der Waals surface area contributed by atoms with Crippen molar-refractivity contribution in [1.29, 1.82) is 0 Å². The van der Waals surface area contributed by atoms with E-state index in [9.17, 15) is 8.76 Å². The van der Waals surface area contributed by atoms with E-state index in [-0.39, 0.29) is 0 Å². The second-order valence-corrected chi connectivity index (χ2v) is 5.60. The van der Waals surface area contributed by atoms with Gasteiger partial charge in [-0.1, -0.05) is 72.8 Å². The smallest absolute Gasteiger partial charge is 0.187 e. The van der Waals surface area contributed by atoms with Crippen molar-refractivity contribution in [2.45, 2.75) is 4.90 Å². The molecule has 0 bridgehead atoms. The van der Waals surface area contributed by atoms with Gasteiger partial charge in [0.1, 0.15) is 0 Å². The van der Waals surface area contributed by atoms with Crippen molar-refractivity contribution in [3.8, 4) is 22.3 Å². The summed E-state index contributed by atoms with van der Waals surface area (Å²) < 4.78 is 21.3. The van der Waals surface area contributed by atoms with Crippen LogP contribution >= 0.6 is 0 Å². The lowest BCUT2D eigenvalue weighted by molar-refractivity contribution is 0.565. The quantitative estimate of drug-likeness (QED) is 0.717. The van der Waals surface area contributed by atoms with E-state index in [0.29, 0.717) is 4.90 Å². The topological polar surface area (TPSA) is 37.3 Å². The molecule has 104 valence electrons. The van der Waals surface area contributed by atoms with Crippen molar-refractivity contribution in [1.82, 2.24) is 0 Å². The summed E-state index contributed by atoms with van der Waals surface area (Å²) >= 11 is -2.03. The zero-order valence-corrected chi connectivity index (χ0v) is 12.1. The van der Waals surface area contributed by atoms with Crippen LogP contribution in [0.25, 0.3) is 22.3 Å². The van der Waals surface area contributed by atoms with Gasteiger partial charge in [0.2, 0.25) is 0 Å². The van der Waals surface area contributed by atoms with E-state index in [0.717, 1.165) is 22.3 Å². The molecule has 0 saturated carbocycles. The lowest BCUT2D eigenvalue weighted by Crippen LogP contribution is -1.95. The molecule has 21 heavy (non-hydrogen) atoms. The van der Waals surface area contributed by atoms with Gasteiger partial charge in [0.05, 0.1) is 4.90 Å². The molecule has 0 aliphatic heterocycles. The van der Waals surface area contributed by atoms with Crippen LogP contribution in [0.1, 0.15) is 0 Å². The van der Waals surface area contributed by atoms with Crippen molar-refractivity contribution in [2.75, 3.05) is 0 Å². The third kappa shape index (κ3) is 2.79. The molecule has 0 heterocycles. The third-order valence-corrected chi connectivity index (χ3v) is 4.08. The first-order valence-corrected chi connectivity index (χ1v) is 7.73. The van der Waals surface area contributed by atoms with Gasteiger partial charge >= 0.3 is 0 Å². The molecule has 0 saturated heterocycles. The van der Waals surface area contributed by atoms with E-state index in [2.05, 4.69) is 0 Å². The Morgan fingerprint density at radius 2 is 1.24 bits per heavy atom. The average molecular weight is 294 g/mol. The van der Waals surface area contributed by atoms with Crippen LogP contribution in [0.4, 0.5) is 0 Å². The Labute approximate surface area is 126 Å². The van der Waals surface area contributed by atoms with Crippen LogP contribution < -0.4 is 0 Å². The Morgan fingerprint density at radius 3 is 1.81 bits per heavy atom. The average Bonchev–Trinajstić information content (AvgIpc) is 2.55. The SMILES string of the molecule is O=S(O)c1cccc(-c2ccccc2)c1-c1ccccc1. The van der Waals surface area contributed by atoms with Gasteiger partial charge in [-0.3, -0.25) is 0 Å². The molecule has 0 aromatic heterocycles. The Kier molecular flexibility index (Phi) is 3.95. The summed E-state index contributed by atoms with van der Waals surface area (Å²) in [7, 11) is 0. The van der Waals surface area contributed by atoms with E-state index in [1.165, 1.54) is 0 Å². The summed E-state index contributed by atoms with van der Waals surface area (Å²) in [4.78, 5) is 0.433. The molecular weight excluding hydrogens is 280 g/mol. The van der Waals surface area contributed by atoms with Crippen molar-refractivity contribution in [3.05, 3.63) is 78.9 Å². The molecule has 0 aliphatic carbocycles. The van der Waals surface area contributed by atoms with E-state index in [4.69, 9.17) is 0 Å². The second-order valence-electron chi connectivity index (χ2n) is 4.66. The lowest BCUT2D eigenvalue weighted by Gasteiger charge is -2.13. The molecule has 0 aliphatic rings. The molecule has 1 unspecified atom stereocenters. The second kappa shape index (κ2) is 6.04. The molecule has 2 nitrogen and oxygen atoms in total. The highest BCUT2D eigenvalue weighted by Crippen LogP contribution is 2.36. The van der Waals surface area contributed by atoms with Gasteiger partial charge in [0.15, 0.2) is 11.1 Å². The van der Waals surface area contributed by atoms with Gasteiger partial charge < -0.3 is 4.55 Å². The zero-order chi connectivity index (χ0) is 14.7. The molecule has 3 rings (SSSR count). The fourth-order valence-corrected chi connectivity index (χ4v) is 3.03. The zero-order valence-electron chi connectivity index (χ0n) is 11.3. The lowest BCUT2D eigenvalue weighted by atomic mass is 9.94. The summed E-state index contributed by atoms with van der Waals surface area (Å²) in [5.74, 6) is 0. The molecule has 0 radical (unpaired) electrons. The van der Waals surface area contributed by atoms with Gasteiger partial charge in [-0.05, 0) is 22.8 Å². The van der Waals surface area contributed by atoms with E-state index in [1.807, 2.05) is 72.8 Å². The molecule has 0 amide bonds. The first-order chi connectivity index (χ1) is 10.3. The number of hydrogen-bond donors (Lipinski definition) is 1. The van der Waals surface area contributed by atoms with Crippen LogP contribution in [0.2, 0.25) is 0 Å². The Balaban J connectivity index is 2.31. The molecule has 3 heteroatoms. The minimum atomic E-state index is -2.03. The monoisotopic (exact) mass is 294 g/mol. The predicted molar refractivity (Wildman–Crippen MR) is 86.4 cm³/mol. The van der Waals surface area contributed by atoms with Crippen LogP contribution in [0.15, 0.2) is 83.8 Å². The van der Waals surface area contributed by atoms with E-state index in [1.54, 1.807) is 6.07 Å². The number of benzene rings is 3. The first kappa shape index (κ1) is 13.7. The van der Waals surface area contributed by atoms with Crippen LogP contribution in [-0.4, -0.2) is 8.76 Å². The maximum atomic E-state index is 11.7. The van der Waals surface area contributed by atoms with Crippen LogP contribution in [0, 0.1) is 0 Å². The third-order valence-electron chi connectivity index (χ3n) is 3.36. The number of rotatable bonds is 3. The molecule has 3 aromatic carbocycles. The van der Waals surface area contributed by atoms with Crippen molar-refractivity contribution in [2.24, 2.45) is 0 Å².